The Balaban J connectivity index is 2.80. The van der Waals surface area contributed by atoms with Gasteiger partial charge in [0.15, 0.2) is 0 Å². The van der Waals surface area contributed by atoms with Crippen LogP contribution in [0.5, 0.6) is 0 Å². The molecule has 2 N–H and O–H groups in total. The Kier molecular flexibility index (Phi) is 4.31. The van der Waals surface area contributed by atoms with Crippen molar-refractivity contribution >= 4 is 23.4 Å². The summed E-state index contributed by atoms with van der Waals surface area (Å²) in [6, 6.07) is 6.39. The molecule has 84 valence electrons. The average molecular weight is 256 g/mol. The molecule has 0 amide bonds. The maximum atomic E-state index is 12.4. The number of thioether (sulfide) groups is 1. The van der Waals surface area contributed by atoms with Gasteiger partial charge in [0.1, 0.15) is 5.25 Å². The van der Waals surface area contributed by atoms with E-state index in [2.05, 4.69) is 0 Å². The van der Waals surface area contributed by atoms with E-state index in [4.69, 9.17) is 17.3 Å². The van der Waals surface area contributed by atoms with E-state index in [0.717, 1.165) is 0 Å². The molecular formula is C9H9ClF3NS. The summed E-state index contributed by atoms with van der Waals surface area (Å²) in [7, 11) is 0. The molecule has 0 radical (unpaired) electrons. The van der Waals surface area contributed by atoms with Gasteiger partial charge in [-0.15, -0.1) is 11.8 Å². The lowest BCUT2D eigenvalue weighted by Gasteiger charge is -2.18. The summed E-state index contributed by atoms with van der Waals surface area (Å²) in [5, 5.41) is -1.30. The molecule has 0 aromatic heterocycles. The summed E-state index contributed by atoms with van der Waals surface area (Å²) >= 11 is 6.39. The van der Waals surface area contributed by atoms with Gasteiger partial charge >= 0.3 is 6.18 Å². The van der Waals surface area contributed by atoms with Crippen LogP contribution in [0.3, 0.4) is 0 Å². The van der Waals surface area contributed by atoms with Gasteiger partial charge < -0.3 is 5.73 Å². The predicted molar refractivity (Wildman–Crippen MR) is 56.2 cm³/mol. The summed E-state index contributed by atoms with van der Waals surface area (Å²) in [6.45, 7) is -0.459. The van der Waals surface area contributed by atoms with Crippen molar-refractivity contribution in [2.24, 2.45) is 5.73 Å². The van der Waals surface area contributed by atoms with Crippen LogP contribution in [-0.4, -0.2) is 18.0 Å². The molecule has 1 atom stereocenters. The molecule has 1 aromatic carbocycles. The van der Waals surface area contributed by atoms with Crippen LogP contribution < -0.4 is 5.73 Å². The number of benzene rings is 1. The van der Waals surface area contributed by atoms with Crippen molar-refractivity contribution < 1.29 is 13.2 Å². The molecule has 0 bridgehead atoms. The predicted octanol–water partition coefficient (Wildman–Crippen LogP) is 3.32. The number of nitrogens with two attached hydrogens (primary N) is 1. The number of rotatable bonds is 3. The van der Waals surface area contributed by atoms with Crippen molar-refractivity contribution in [2.45, 2.75) is 16.3 Å². The van der Waals surface area contributed by atoms with E-state index in [1.54, 1.807) is 24.3 Å². The molecule has 0 aliphatic carbocycles. The Morgan fingerprint density at radius 1 is 1.33 bits per heavy atom. The van der Waals surface area contributed by atoms with E-state index < -0.39 is 18.0 Å². The van der Waals surface area contributed by atoms with Crippen molar-refractivity contribution in [3.63, 3.8) is 0 Å². The van der Waals surface area contributed by atoms with Crippen LogP contribution in [0.2, 0.25) is 5.02 Å². The highest BCUT2D eigenvalue weighted by molar-refractivity contribution is 8.00. The number of hydrogen-bond donors (Lipinski definition) is 1. The topological polar surface area (TPSA) is 26.0 Å². The van der Waals surface area contributed by atoms with Gasteiger partial charge in [-0.1, -0.05) is 23.7 Å². The molecule has 1 rings (SSSR count). The second-order valence-corrected chi connectivity index (χ2v) is 4.47. The van der Waals surface area contributed by atoms with Gasteiger partial charge in [-0.05, 0) is 12.1 Å². The molecule has 1 aromatic rings. The zero-order valence-corrected chi connectivity index (χ0v) is 9.16. The molecule has 0 fully saturated rings. The van der Waals surface area contributed by atoms with Crippen LogP contribution in [-0.2, 0) is 0 Å². The highest BCUT2D eigenvalue weighted by atomic mass is 35.5. The first kappa shape index (κ1) is 12.7. The third kappa shape index (κ3) is 3.59. The van der Waals surface area contributed by atoms with Gasteiger partial charge in [-0.3, -0.25) is 0 Å². The fourth-order valence-electron chi connectivity index (χ4n) is 0.942. The minimum absolute atomic E-state index is 0.310. The number of hydrogen-bond acceptors (Lipinski definition) is 2. The molecule has 0 saturated heterocycles. The van der Waals surface area contributed by atoms with Gasteiger partial charge in [0.05, 0.1) is 5.02 Å². The minimum atomic E-state index is -4.31. The maximum absolute atomic E-state index is 12.4. The quantitative estimate of drug-likeness (QED) is 0.839. The summed E-state index contributed by atoms with van der Waals surface area (Å²) in [5.74, 6) is 0. The Morgan fingerprint density at radius 2 is 1.93 bits per heavy atom. The Bertz CT molecular complexity index is 329. The second-order valence-electron chi connectivity index (χ2n) is 2.81. The number of alkyl halides is 3. The first-order chi connectivity index (χ1) is 6.95. The number of halogens is 4. The molecule has 0 heterocycles. The van der Waals surface area contributed by atoms with Crippen LogP contribution in [0.4, 0.5) is 13.2 Å². The lowest BCUT2D eigenvalue weighted by Crippen LogP contribution is -2.32. The van der Waals surface area contributed by atoms with Gasteiger partial charge in [0, 0.05) is 11.4 Å². The van der Waals surface area contributed by atoms with E-state index in [1.165, 1.54) is 0 Å². The molecule has 1 nitrogen and oxygen atoms in total. The summed E-state index contributed by atoms with van der Waals surface area (Å²) in [6.07, 6.45) is -4.31. The van der Waals surface area contributed by atoms with Crippen molar-refractivity contribution in [2.75, 3.05) is 6.54 Å². The van der Waals surface area contributed by atoms with E-state index >= 15 is 0 Å². The van der Waals surface area contributed by atoms with Gasteiger partial charge in [-0.25, -0.2) is 0 Å². The van der Waals surface area contributed by atoms with E-state index in [0.29, 0.717) is 21.7 Å². The molecule has 0 spiro atoms. The molecule has 0 aliphatic heterocycles. The maximum Gasteiger partial charge on any atom is 0.402 e. The van der Waals surface area contributed by atoms with Crippen molar-refractivity contribution in [3.8, 4) is 0 Å². The van der Waals surface area contributed by atoms with Crippen LogP contribution in [0.1, 0.15) is 0 Å². The highest BCUT2D eigenvalue weighted by Crippen LogP contribution is 2.37. The second kappa shape index (κ2) is 5.09. The zero-order valence-electron chi connectivity index (χ0n) is 7.59. The summed E-state index contributed by atoms with van der Waals surface area (Å²) in [4.78, 5) is 0.395. The molecule has 15 heavy (non-hydrogen) atoms. The fraction of sp³-hybridized carbons (Fsp3) is 0.333. The largest absolute Gasteiger partial charge is 0.402 e. The first-order valence-electron chi connectivity index (χ1n) is 4.13. The van der Waals surface area contributed by atoms with E-state index in [9.17, 15) is 13.2 Å². The van der Waals surface area contributed by atoms with Crippen LogP contribution in [0.15, 0.2) is 29.2 Å². The van der Waals surface area contributed by atoms with E-state index in [1.807, 2.05) is 0 Å². The SMILES string of the molecule is NCC(Sc1ccccc1Cl)C(F)(F)F. The molecule has 0 saturated carbocycles. The van der Waals surface area contributed by atoms with Crippen molar-refractivity contribution in [3.05, 3.63) is 29.3 Å². The monoisotopic (exact) mass is 255 g/mol. The molecule has 0 aliphatic rings. The Morgan fingerprint density at radius 3 is 2.40 bits per heavy atom. The van der Waals surface area contributed by atoms with E-state index in [-0.39, 0.29) is 0 Å². The zero-order chi connectivity index (χ0) is 11.5. The van der Waals surface area contributed by atoms with Crippen LogP contribution in [0.25, 0.3) is 0 Å². The molecular weight excluding hydrogens is 247 g/mol. The third-order valence-electron chi connectivity index (χ3n) is 1.69. The normalized spacial score (nSPS) is 13.9. The fourth-order valence-corrected chi connectivity index (χ4v) is 2.09. The summed E-state index contributed by atoms with van der Waals surface area (Å²) in [5.41, 5.74) is 5.07. The Labute approximate surface area is 94.8 Å². The van der Waals surface area contributed by atoms with Gasteiger partial charge in [-0.2, -0.15) is 13.2 Å². The Hall–Kier alpha value is -0.390. The average Bonchev–Trinajstić information content (AvgIpc) is 2.14. The molecule has 1 unspecified atom stereocenters. The lowest BCUT2D eigenvalue weighted by atomic mass is 10.4. The van der Waals surface area contributed by atoms with Gasteiger partial charge in [0.25, 0.3) is 0 Å². The highest BCUT2D eigenvalue weighted by Gasteiger charge is 2.39. The summed E-state index contributed by atoms with van der Waals surface area (Å²) < 4.78 is 37.2. The smallest absolute Gasteiger partial charge is 0.329 e. The minimum Gasteiger partial charge on any atom is -0.329 e. The van der Waals surface area contributed by atoms with Crippen LogP contribution in [0, 0.1) is 0 Å². The van der Waals surface area contributed by atoms with Crippen LogP contribution >= 0.6 is 23.4 Å². The standard InChI is InChI=1S/C9H9ClF3NS/c10-6-3-1-2-4-7(6)15-8(5-14)9(11,12)13/h1-4,8H,5,14H2. The van der Waals surface area contributed by atoms with Crippen molar-refractivity contribution in [1.29, 1.82) is 0 Å². The third-order valence-corrected chi connectivity index (χ3v) is 3.48. The molecule has 6 heteroatoms. The van der Waals surface area contributed by atoms with Gasteiger partial charge in [0.2, 0.25) is 0 Å². The lowest BCUT2D eigenvalue weighted by molar-refractivity contribution is -0.126. The first-order valence-corrected chi connectivity index (χ1v) is 5.39. The van der Waals surface area contributed by atoms with Crippen molar-refractivity contribution in [1.82, 2.24) is 0 Å².